The van der Waals surface area contributed by atoms with E-state index in [-0.39, 0.29) is 17.0 Å². The Bertz CT molecular complexity index is 323. The van der Waals surface area contributed by atoms with E-state index in [1.54, 1.807) is 0 Å². The molecule has 1 heterocycles. The first kappa shape index (κ1) is 16.7. The third-order valence-electron chi connectivity index (χ3n) is 3.96. The molecule has 1 aromatic rings. The first-order valence-electron chi connectivity index (χ1n) is 7.25. The van der Waals surface area contributed by atoms with Gasteiger partial charge < -0.3 is 10.0 Å². The predicted octanol–water partition coefficient (Wildman–Crippen LogP) is 3.29. The molecule has 0 bridgehead atoms. The average molecular weight is 328 g/mol. The normalized spacial score (nSPS) is 17.1. The molecule has 1 N–H and O–H groups in total. The van der Waals surface area contributed by atoms with E-state index in [1.807, 2.05) is 0 Å². The summed E-state index contributed by atoms with van der Waals surface area (Å²) < 4.78 is 0. The topological polar surface area (TPSA) is 23.5 Å². The van der Waals surface area contributed by atoms with Crippen LogP contribution in [0.4, 0.5) is 0 Å². The molecule has 1 saturated heterocycles. The fourth-order valence-corrected chi connectivity index (χ4v) is 2.81. The first-order chi connectivity index (χ1) is 8.88. The van der Waals surface area contributed by atoms with E-state index >= 15 is 0 Å². The van der Waals surface area contributed by atoms with E-state index in [9.17, 15) is 0 Å². The smallest absolute Gasteiger partial charge is 0.0431 e. The van der Waals surface area contributed by atoms with Gasteiger partial charge in [0.2, 0.25) is 0 Å². The molecule has 108 valence electrons. The SMILES string of the molecule is Br.OCCCCN1CCC(Cc2ccccc2)CC1. The number of piperidine rings is 1. The van der Waals surface area contributed by atoms with E-state index in [0.29, 0.717) is 6.61 Å². The van der Waals surface area contributed by atoms with Crippen molar-refractivity contribution in [3.63, 3.8) is 0 Å². The lowest BCUT2D eigenvalue weighted by molar-refractivity contribution is 0.175. The number of halogens is 1. The van der Waals surface area contributed by atoms with Crippen molar-refractivity contribution in [1.29, 1.82) is 0 Å². The molecular formula is C16H26BrNO. The average Bonchev–Trinajstić information content (AvgIpc) is 2.42. The maximum atomic E-state index is 8.78. The Balaban J connectivity index is 0.00000180. The summed E-state index contributed by atoms with van der Waals surface area (Å²) >= 11 is 0. The minimum Gasteiger partial charge on any atom is -0.396 e. The summed E-state index contributed by atoms with van der Waals surface area (Å²) in [6.07, 6.45) is 5.98. The predicted molar refractivity (Wildman–Crippen MR) is 86.0 cm³/mol. The highest BCUT2D eigenvalue weighted by molar-refractivity contribution is 8.93. The van der Waals surface area contributed by atoms with Crippen LogP contribution in [0.25, 0.3) is 0 Å². The highest BCUT2D eigenvalue weighted by atomic mass is 79.9. The van der Waals surface area contributed by atoms with Gasteiger partial charge in [-0.1, -0.05) is 30.3 Å². The lowest BCUT2D eigenvalue weighted by Crippen LogP contribution is -2.35. The number of unbranched alkanes of at least 4 members (excludes halogenated alkanes) is 1. The Morgan fingerprint density at radius 3 is 2.37 bits per heavy atom. The summed E-state index contributed by atoms with van der Waals surface area (Å²) in [7, 11) is 0. The molecule has 0 amide bonds. The molecule has 1 aliphatic rings. The van der Waals surface area contributed by atoms with Crippen LogP contribution in [0, 0.1) is 5.92 Å². The molecule has 0 spiro atoms. The van der Waals surface area contributed by atoms with Gasteiger partial charge in [-0.15, -0.1) is 17.0 Å². The summed E-state index contributed by atoms with van der Waals surface area (Å²) in [5.74, 6) is 0.862. The van der Waals surface area contributed by atoms with Crippen molar-refractivity contribution in [3.8, 4) is 0 Å². The van der Waals surface area contributed by atoms with Gasteiger partial charge in [-0.2, -0.15) is 0 Å². The Morgan fingerprint density at radius 2 is 1.74 bits per heavy atom. The molecule has 1 aromatic carbocycles. The number of nitrogens with zero attached hydrogens (tertiary/aromatic N) is 1. The number of aliphatic hydroxyl groups is 1. The second-order valence-corrected chi connectivity index (χ2v) is 5.41. The van der Waals surface area contributed by atoms with Crippen molar-refractivity contribution >= 4 is 17.0 Å². The largest absolute Gasteiger partial charge is 0.396 e. The maximum absolute atomic E-state index is 8.78. The Morgan fingerprint density at radius 1 is 1.05 bits per heavy atom. The highest BCUT2D eigenvalue weighted by Gasteiger charge is 2.18. The molecule has 2 nitrogen and oxygen atoms in total. The van der Waals surface area contributed by atoms with Crippen LogP contribution in [0.3, 0.4) is 0 Å². The number of hydrogen-bond acceptors (Lipinski definition) is 2. The second-order valence-electron chi connectivity index (χ2n) is 5.41. The third kappa shape index (κ3) is 6.07. The number of benzene rings is 1. The molecule has 0 aromatic heterocycles. The second kappa shape index (κ2) is 9.51. The molecule has 2 rings (SSSR count). The minimum atomic E-state index is 0. The summed E-state index contributed by atoms with van der Waals surface area (Å²) in [6.45, 7) is 3.98. The first-order valence-corrected chi connectivity index (χ1v) is 7.25. The van der Waals surface area contributed by atoms with Crippen LogP contribution in [-0.4, -0.2) is 36.2 Å². The van der Waals surface area contributed by atoms with E-state index in [1.165, 1.54) is 44.5 Å². The fraction of sp³-hybridized carbons (Fsp3) is 0.625. The molecule has 0 radical (unpaired) electrons. The minimum absolute atomic E-state index is 0. The zero-order chi connectivity index (χ0) is 12.6. The van der Waals surface area contributed by atoms with Gasteiger partial charge in [0.15, 0.2) is 0 Å². The van der Waals surface area contributed by atoms with Gasteiger partial charge in [0.05, 0.1) is 0 Å². The lowest BCUT2D eigenvalue weighted by atomic mass is 9.90. The molecule has 0 unspecified atom stereocenters. The highest BCUT2D eigenvalue weighted by Crippen LogP contribution is 2.21. The number of likely N-dealkylation sites (tertiary alicyclic amines) is 1. The molecule has 3 heteroatoms. The summed E-state index contributed by atoms with van der Waals surface area (Å²) in [5.41, 5.74) is 1.48. The Hall–Kier alpha value is -0.380. The van der Waals surface area contributed by atoms with Gasteiger partial charge in [-0.25, -0.2) is 0 Å². The molecular weight excluding hydrogens is 302 g/mol. The maximum Gasteiger partial charge on any atom is 0.0431 e. The molecule has 0 atom stereocenters. The summed E-state index contributed by atoms with van der Waals surface area (Å²) in [4.78, 5) is 2.55. The van der Waals surface area contributed by atoms with Crippen molar-refractivity contribution < 1.29 is 5.11 Å². The Kier molecular flexibility index (Phi) is 8.35. The standard InChI is InChI=1S/C16H25NO.BrH/c18-13-5-4-10-17-11-8-16(9-12-17)14-15-6-2-1-3-7-15;/h1-3,6-7,16,18H,4-5,8-14H2;1H. The monoisotopic (exact) mass is 327 g/mol. The zero-order valence-electron chi connectivity index (χ0n) is 11.6. The van der Waals surface area contributed by atoms with Gasteiger partial charge in [0.1, 0.15) is 0 Å². The van der Waals surface area contributed by atoms with Crippen LogP contribution >= 0.6 is 17.0 Å². The summed E-state index contributed by atoms with van der Waals surface area (Å²) in [5, 5.41) is 8.78. The van der Waals surface area contributed by atoms with Crippen LogP contribution in [0.5, 0.6) is 0 Å². The summed E-state index contributed by atoms with van der Waals surface area (Å²) in [6, 6.07) is 10.9. The van der Waals surface area contributed by atoms with E-state index in [4.69, 9.17) is 5.11 Å². The third-order valence-corrected chi connectivity index (χ3v) is 3.96. The van der Waals surface area contributed by atoms with Gasteiger partial charge in [0.25, 0.3) is 0 Å². The van der Waals surface area contributed by atoms with Crippen molar-refractivity contribution in [2.24, 2.45) is 5.92 Å². The van der Waals surface area contributed by atoms with Crippen LogP contribution in [0.2, 0.25) is 0 Å². The molecule has 1 aliphatic heterocycles. The van der Waals surface area contributed by atoms with Crippen LogP contribution < -0.4 is 0 Å². The number of rotatable bonds is 6. The van der Waals surface area contributed by atoms with Crippen molar-refractivity contribution in [3.05, 3.63) is 35.9 Å². The Labute approximate surface area is 127 Å². The van der Waals surface area contributed by atoms with Crippen molar-refractivity contribution in [1.82, 2.24) is 4.90 Å². The van der Waals surface area contributed by atoms with Gasteiger partial charge in [0, 0.05) is 6.61 Å². The molecule has 0 saturated carbocycles. The number of aliphatic hydroxyl groups excluding tert-OH is 1. The van der Waals surface area contributed by atoms with E-state index in [0.717, 1.165) is 18.8 Å². The molecule has 19 heavy (non-hydrogen) atoms. The lowest BCUT2D eigenvalue weighted by Gasteiger charge is -2.32. The van der Waals surface area contributed by atoms with Gasteiger partial charge in [-0.3, -0.25) is 0 Å². The quantitative estimate of drug-likeness (QED) is 0.810. The van der Waals surface area contributed by atoms with Crippen LogP contribution in [-0.2, 0) is 6.42 Å². The zero-order valence-corrected chi connectivity index (χ0v) is 13.3. The number of hydrogen-bond donors (Lipinski definition) is 1. The fourth-order valence-electron chi connectivity index (χ4n) is 2.81. The van der Waals surface area contributed by atoms with Crippen molar-refractivity contribution in [2.45, 2.75) is 32.1 Å². The van der Waals surface area contributed by atoms with Crippen LogP contribution in [0.15, 0.2) is 30.3 Å². The van der Waals surface area contributed by atoms with Gasteiger partial charge in [-0.05, 0) is 63.2 Å². The van der Waals surface area contributed by atoms with Crippen molar-refractivity contribution in [2.75, 3.05) is 26.2 Å². The van der Waals surface area contributed by atoms with Crippen LogP contribution in [0.1, 0.15) is 31.2 Å². The van der Waals surface area contributed by atoms with E-state index in [2.05, 4.69) is 35.2 Å². The molecule has 1 fully saturated rings. The molecule has 0 aliphatic carbocycles. The van der Waals surface area contributed by atoms with E-state index < -0.39 is 0 Å². The van der Waals surface area contributed by atoms with Gasteiger partial charge >= 0.3 is 0 Å².